The number of carbonyl (C=O) groups excluding carboxylic acids is 1. The van der Waals surface area contributed by atoms with Crippen molar-refractivity contribution in [2.24, 2.45) is 4.99 Å². The number of aliphatic hydroxyl groups excluding tert-OH is 1. The topological polar surface area (TPSA) is 61.7 Å². The summed E-state index contributed by atoms with van der Waals surface area (Å²) < 4.78 is 0. The number of rotatable bonds is 7. The van der Waals surface area contributed by atoms with E-state index in [1.165, 1.54) is 0 Å². The van der Waals surface area contributed by atoms with Crippen LogP contribution in [0.3, 0.4) is 0 Å². The Morgan fingerprint density at radius 2 is 1.59 bits per heavy atom. The highest BCUT2D eigenvalue weighted by atomic mass is 16.3. The third-order valence-corrected chi connectivity index (χ3v) is 3.46. The molecule has 0 spiro atoms. The Labute approximate surface area is 130 Å². The maximum absolute atomic E-state index is 12.1. The Morgan fingerprint density at radius 3 is 2.14 bits per heavy atom. The van der Waals surface area contributed by atoms with Gasteiger partial charge in [-0.15, -0.1) is 0 Å². The number of nitrogens with one attached hydrogen (secondary N) is 1. The first kappa shape index (κ1) is 15.9. The van der Waals surface area contributed by atoms with Gasteiger partial charge < -0.3 is 10.4 Å². The van der Waals surface area contributed by atoms with Crippen molar-refractivity contribution in [2.75, 3.05) is 0 Å². The molecule has 4 heteroatoms. The molecule has 114 valence electrons. The number of amides is 1. The maximum Gasteiger partial charge on any atom is 0.251 e. The van der Waals surface area contributed by atoms with Gasteiger partial charge in [-0.2, -0.15) is 0 Å². The van der Waals surface area contributed by atoms with Crippen molar-refractivity contribution in [1.29, 1.82) is 0 Å². The minimum Gasteiger partial charge on any atom is -0.381 e. The van der Waals surface area contributed by atoms with Crippen LogP contribution in [0.1, 0.15) is 11.1 Å². The maximum atomic E-state index is 12.1. The number of carbonyl (C=O) groups is 1. The molecule has 2 atom stereocenters. The third kappa shape index (κ3) is 4.53. The number of hydrogen-bond acceptors (Lipinski definition) is 3. The van der Waals surface area contributed by atoms with Gasteiger partial charge in [0.05, 0.1) is 6.04 Å². The Kier molecular flexibility index (Phi) is 5.86. The van der Waals surface area contributed by atoms with Crippen LogP contribution in [0.15, 0.2) is 65.7 Å². The fourth-order valence-electron chi connectivity index (χ4n) is 2.20. The van der Waals surface area contributed by atoms with Gasteiger partial charge in [0.25, 0.3) is 5.91 Å². The normalized spacial score (nSPS) is 13.1. The minimum atomic E-state index is -1.21. The lowest BCUT2D eigenvalue weighted by Gasteiger charge is -2.18. The first-order valence-corrected chi connectivity index (χ1v) is 7.20. The Balaban J connectivity index is 1.91. The Hall–Kier alpha value is -2.46. The second-order valence-electron chi connectivity index (χ2n) is 5.09. The van der Waals surface area contributed by atoms with Crippen LogP contribution in [0, 0.1) is 0 Å². The highest BCUT2D eigenvalue weighted by Crippen LogP contribution is 2.10. The van der Waals surface area contributed by atoms with Crippen molar-refractivity contribution < 1.29 is 9.90 Å². The lowest BCUT2D eigenvalue weighted by Crippen LogP contribution is -2.42. The van der Waals surface area contributed by atoms with Crippen LogP contribution in [0.2, 0.25) is 0 Å². The van der Waals surface area contributed by atoms with Crippen molar-refractivity contribution >= 4 is 12.6 Å². The molecular weight excluding hydrogens is 276 g/mol. The summed E-state index contributed by atoms with van der Waals surface area (Å²) in [4.78, 5) is 16.0. The van der Waals surface area contributed by atoms with E-state index in [4.69, 9.17) is 0 Å². The monoisotopic (exact) mass is 296 g/mol. The summed E-state index contributed by atoms with van der Waals surface area (Å²) in [5, 5.41) is 12.9. The number of aliphatic hydroxyl groups is 1. The lowest BCUT2D eigenvalue weighted by atomic mass is 10.0. The SMILES string of the molecule is C=N[C@@H](Cc1ccccc1)C(O)C(=O)NCc1ccccc1. The molecule has 0 aliphatic carbocycles. The zero-order valence-corrected chi connectivity index (χ0v) is 12.4. The average molecular weight is 296 g/mol. The molecule has 0 fully saturated rings. The van der Waals surface area contributed by atoms with Gasteiger partial charge in [0, 0.05) is 6.54 Å². The molecule has 0 saturated heterocycles. The van der Waals surface area contributed by atoms with Crippen LogP contribution >= 0.6 is 0 Å². The number of hydrogen-bond donors (Lipinski definition) is 2. The van der Waals surface area contributed by atoms with E-state index in [2.05, 4.69) is 17.0 Å². The van der Waals surface area contributed by atoms with Crippen molar-refractivity contribution in [3.63, 3.8) is 0 Å². The third-order valence-electron chi connectivity index (χ3n) is 3.46. The molecule has 0 aromatic heterocycles. The molecule has 0 aliphatic heterocycles. The lowest BCUT2D eigenvalue weighted by molar-refractivity contribution is -0.130. The number of nitrogens with zero attached hydrogens (tertiary/aromatic N) is 1. The quantitative estimate of drug-likeness (QED) is 0.767. The van der Waals surface area contributed by atoms with Gasteiger partial charge in [-0.05, 0) is 24.3 Å². The second-order valence-corrected chi connectivity index (χ2v) is 5.09. The van der Waals surface area contributed by atoms with Gasteiger partial charge in [0.1, 0.15) is 0 Å². The number of aliphatic imine (C=N–C) groups is 1. The van der Waals surface area contributed by atoms with E-state index in [1.807, 2.05) is 60.7 Å². The molecule has 0 radical (unpaired) electrons. The molecular formula is C18H20N2O2. The summed E-state index contributed by atoms with van der Waals surface area (Å²) in [6, 6.07) is 18.6. The van der Waals surface area contributed by atoms with Gasteiger partial charge in [-0.3, -0.25) is 9.79 Å². The summed E-state index contributed by atoms with van der Waals surface area (Å²) in [6.07, 6.45) is -0.731. The number of benzene rings is 2. The molecule has 4 nitrogen and oxygen atoms in total. The van der Waals surface area contributed by atoms with Crippen LogP contribution in [0.4, 0.5) is 0 Å². The minimum absolute atomic E-state index is 0.381. The van der Waals surface area contributed by atoms with E-state index in [9.17, 15) is 9.90 Å². The van der Waals surface area contributed by atoms with Gasteiger partial charge in [0.2, 0.25) is 0 Å². The first-order valence-electron chi connectivity index (χ1n) is 7.20. The fraction of sp³-hybridized carbons (Fsp3) is 0.222. The molecule has 2 N–H and O–H groups in total. The highest BCUT2D eigenvalue weighted by molar-refractivity contribution is 5.81. The standard InChI is InChI=1S/C18H20N2O2/c1-19-16(12-14-8-4-2-5-9-14)17(21)18(22)20-13-15-10-6-3-7-11-15/h2-11,16-17,21H,1,12-13H2,(H,20,22)/t16-,17?/m0/s1. The average Bonchev–Trinajstić information content (AvgIpc) is 2.58. The van der Waals surface area contributed by atoms with Crippen LogP contribution in [-0.2, 0) is 17.8 Å². The van der Waals surface area contributed by atoms with E-state index in [0.29, 0.717) is 13.0 Å². The molecule has 22 heavy (non-hydrogen) atoms. The largest absolute Gasteiger partial charge is 0.381 e. The van der Waals surface area contributed by atoms with E-state index in [1.54, 1.807) is 0 Å². The molecule has 0 saturated carbocycles. The highest BCUT2D eigenvalue weighted by Gasteiger charge is 2.24. The molecule has 2 rings (SSSR count). The van der Waals surface area contributed by atoms with Gasteiger partial charge in [-0.25, -0.2) is 0 Å². The molecule has 0 heterocycles. The summed E-state index contributed by atoms with van der Waals surface area (Å²) >= 11 is 0. The van der Waals surface area contributed by atoms with Gasteiger partial charge in [-0.1, -0.05) is 60.7 Å². The molecule has 1 amide bonds. The van der Waals surface area contributed by atoms with Crippen molar-refractivity contribution in [3.05, 3.63) is 71.8 Å². The molecule has 0 aliphatic rings. The van der Waals surface area contributed by atoms with Crippen molar-refractivity contribution in [3.8, 4) is 0 Å². The van der Waals surface area contributed by atoms with E-state index in [0.717, 1.165) is 11.1 Å². The molecule has 2 aromatic rings. The summed E-state index contributed by atoms with van der Waals surface area (Å²) in [5.74, 6) is -0.433. The van der Waals surface area contributed by atoms with Crippen LogP contribution in [-0.4, -0.2) is 29.9 Å². The van der Waals surface area contributed by atoms with Gasteiger partial charge >= 0.3 is 0 Å². The van der Waals surface area contributed by atoms with Crippen LogP contribution in [0.5, 0.6) is 0 Å². The second kappa shape index (κ2) is 8.10. The predicted molar refractivity (Wildman–Crippen MR) is 87.8 cm³/mol. The fourth-order valence-corrected chi connectivity index (χ4v) is 2.20. The van der Waals surface area contributed by atoms with E-state index >= 15 is 0 Å². The molecule has 0 bridgehead atoms. The molecule has 2 aromatic carbocycles. The smallest absolute Gasteiger partial charge is 0.251 e. The summed E-state index contributed by atoms with van der Waals surface area (Å²) in [5.41, 5.74) is 1.99. The van der Waals surface area contributed by atoms with Crippen molar-refractivity contribution in [1.82, 2.24) is 5.32 Å². The Bertz CT molecular complexity index is 599. The van der Waals surface area contributed by atoms with Crippen LogP contribution < -0.4 is 5.32 Å². The Morgan fingerprint density at radius 1 is 1.05 bits per heavy atom. The van der Waals surface area contributed by atoms with Crippen LogP contribution in [0.25, 0.3) is 0 Å². The van der Waals surface area contributed by atoms with Gasteiger partial charge in [0.15, 0.2) is 6.10 Å². The van der Waals surface area contributed by atoms with E-state index < -0.39 is 18.1 Å². The zero-order valence-electron chi connectivity index (χ0n) is 12.4. The first-order chi connectivity index (χ1) is 10.7. The summed E-state index contributed by atoms with van der Waals surface area (Å²) in [6.45, 7) is 3.87. The zero-order chi connectivity index (χ0) is 15.8. The predicted octanol–water partition coefficient (Wildman–Crippen LogP) is 1.98. The summed E-state index contributed by atoms with van der Waals surface area (Å²) in [7, 11) is 0. The van der Waals surface area contributed by atoms with Crippen molar-refractivity contribution in [2.45, 2.75) is 25.1 Å². The molecule has 1 unspecified atom stereocenters. The van der Waals surface area contributed by atoms with E-state index in [-0.39, 0.29) is 0 Å².